The molecule has 0 fully saturated rings. The molecule has 3 aromatic heterocycles. The lowest BCUT2D eigenvalue weighted by molar-refractivity contribution is 0.0531. The summed E-state index contributed by atoms with van der Waals surface area (Å²) in [6, 6.07) is 21.8. The van der Waals surface area contributed by atoms with Crippen LogP contribution in [0.3, 0.4) is 0 Å². The first-order valence-electron chi connectivity index (χ1n) is 13.1. The van der Waals surface area contributed by atoms with Crippen LogP contribution >= 0.6 is 0 Å². The fourth-order valence-electron chi connectivity index (χ4n) is 4.08. The molecule has 18 heteroatoms. The van der Waals surface area contributed by atoms with E-state index in [1.807, 2.05) is 12.1 Å². The Morgan fingerprint density at radius 3 is 1.47 bits per heavy atom. The monoisotopic (exact) mass is 700 g/mol. The molecule has 3 heterocycles. The summed E-state index contributed by atoms with van der Waals surface area (Å²) in [5, 5.41) is 27.9. The standard InChI is InChI=1S/C12H10O5.C10H6O5.C9H6O3.H2O4S/c1-15-11(13)9-7-5-3-4-6-8(7)17-10(9)12(14)16-2;11-9(12)7-5-3-1-2-4-6(5)15-8(7)10(13)14;10-9(11)8-5-6-3-1-2-4-7(6)12-8;1-5(2,3)4/h3-6H,1-2H3;1-4H,(H,11,12)(H,13,14);1-5H,(H,10,11);(H2,1,2,3,4). The molecule has 6 rings (SSSR count). The summed E-state index contributed by atoms with van der Waals surface area (Å²) in [6.45, 7) is 0. The minimum absolute atomic E-state index is 0.0174. The molecular weight excluding hydrogens is 676 g/mol. The molecule has 0 amide bonds. The highest BCUT2D eigenvalue weighted by Crippen LogP contribution is 2.27. The molecule has 0 atom stereocenters. The van der Waals surface area contributed by atoms with E-state index in [0.717, 1.165) is 5.39 Å². The van der Waals surface area contributed by atoms with Crippen molar-refractivity contribution in [3.8, 4) is 0 Å². The molecule has 5 N–H and O–H groups in total. The maximum Gasteiger partial charge on any atom is 0.394 e. The molecule has 0 aliphatic carbocycles. The highest BCUT2D eigenvalue weighted by atomic mass is 32.3. The normalized spacial score (nSPS) is 10.4. The summed E-state index contributed by atoms with van der Waals surface area (Å²) in [7, 11) is -2.21. The third kappa shape index (κ3) is 9.51. The van der Waals surface area contributed by atoms with E-state index in [-0.39, 0.29) is 28.2 Å². The van der Waals surface area contributed by atoms with Crippen LogP contribution in [0.15, 0.2) is 92.1 Å². The Morgan fingerprint density at radius 1 is 0.571 bits per heavy atom. The lowest BCUT2D eigenvalue weighted by atomic mass is 10.1. The predicted octanol–water partition coefficient (Wildman–Crippen LogP) is 5.31. The fourth-order valence-corrected chi connectivity index (χ4v) is 4.08. The van der Waals surface area contributed by atoms with E-state index in [1.54, 1.807) is 48.5 Å². The highest BCUT2D eigenvalue weighted by Gasteiger charge is 2.27. The number of methoxy groups -OCH3 is 2. The lowest BCUT2D eigenvalue weighted by Gasteiger charge is -1.99. The van der Waals surface area contributed by atoms with Crippen LogP contribution in [-0.4, -0.2) is 76.9 Å². The van der Waals surface area contributed by atoms with Crippen LogP contribution in [0.5, 0.6) is 0 Å². The van der Waals surface area contributed by atoms with Gasteiger partial charge in [-0.25, -0.2) is 24.0 Å². The smallest absolute Gasteiger partial charge is 0.394 e. The fraction of sp³-hybridized carbons (Fsp3) is 0.0645. The third-order valence-electron chi connectivity index (χ3n) is 6.00. The van der Waals surface area contributed by atoms with Gasteiger partial charge in [-0.2, -0.15) is 8.42 Å². The van der Waals surface area contributed by atoms with Crippen molar-refractivity contribution in [1.29, 1.82) is 0 Å². The first-order valence-corrected chi connectivity index (χ1v) is 14.5. The molecule has 0 aliphatic rings. The molecule has 49 heavy (non-hydrogen) atoms. The van der Waals surface area contributed by atoms with Gasteiger partial charge in [-0.05, 0) is 24.3 Å². The number of hydrogen-bond donors (Lipinski definition) is 5. The van der Waals surface area contributed by atoms with Crippen LogP contribution in [0.1, 0.15) is 52.4 Å². The number of carboxylic acid groups (broad SMARTS) is 3. The average molecular weight is 701 g/mol. The van der Waals surface area contributed by atoms with Gasteiger partial charge in [0, 0.05) is 16.2 Å². The van der Waals surface area contributed by atoms with Crippen LogP contribution in [0, 0.1) is 0 Å². The molecule has 17 nitrogen and oxygen atoms in total. The molecule has 256 valence electrons. The Kier molecular flexibility index (Phi) is 12.0. The highest BCUT2D eigenvalue weighted by molar-refractivity contribution is 7.79. The van der Waals surface area contributed by atoms with Crippen molar-refractivity contribution in [2.45, 2.75) is 0 Å². The first-order chi connectivity index (χ1) is 23.1. The van der Waals surface area contributed by atoms with Crippen molar-refractivity contribution < 1.29 is 79.5 Å². The number of carboxylic acids is 3. The number of rotatable bonds is 5. The summed E-state index contributed by atoms with van der Waals surface area (Å²) < 4.78 is 56.0. The van der Waals surface area contributed by atoms with Gasteiger partial charge in [0.2, 0.25) is 17.3 Å². The zero-order valence-electron chi connectivity index (χ0n) is 25.0. The van der Waals surface area contributed by atoms with Gasteiger partial charge in [0.25, 0.3) is 0 Å². The molecule has 0 unspecified atom stereocenters. The molecule has 0 saturated heterocycles. The molecule has 0 bridgehead atoms. The van der Waals surface area contributed by atoms with E-state index in [0.29, 0.717) is 21.9 Å². The second-order valence-electron chi connectivity index (χ2n) is 9.10. The third-order valence-corrected chi connectivity index (χ3v) is 6.00. The van der Waals surface area contributed by atoms with Gasteiger partial charge in [0.15, 0.2) is 0 Å². The summed E-state index contributed by atoms with van der Waals surface area (Å²) in [5.41, 5.74) is 1.09. The zero-order valence-corrected chi connectivity index (χ0v) is 25.9. The SMILES string of the molecule is COC(=O)c1oc2ccccc2c1C(=O)OC.O=C(O)c1cc2ccccc2o1.O=C(O)c1oc2ccccc2c1C(=O)O.O=S(=O)(O)O. The van der Waals surface area contributed by atoms with Crippen LogP contribution in [0.4, 0.5) is 0 Å². The number of fused-ring (bicyclic) bond motifs is 3. The minimum atomic E-state index is -4.67. The summed E-state index contributed by atoms with van der Waals surface area (Å²) in [5.74, 6) is -5.76. The average Bonchev–Trinajstić information content (AvgIpc) is 3.77. The number of ether oxygens (including phenoxy) is 2. The molecule has 0 aliphatic heterocycles. The number of carbonyl (C=O) groups is 5. The van der Waals surface area contributed by atoms with Gasteiger partial charge in [-0.15, -0.1) is 0 Å². The van der Waals surface area contributed by atoms with Gasteiger partial charge in [-0.1, -0.05) is 54.6 Å². The molecule has 0 saturated carbocycles. The summed E-state index contributed by atoms with van der Waals surface area (Å²) in [4.78, 5) is 55.2. The van der Waals surface area contributed by atoms with Crippen molar-refractivity contribution >= 4 is 73.2 Å². The second-order valence-corrected chi connectivity index (χ2v) is 10.00. The molecular formula is C31H24O17S. The minimum Gasteiger partial charge on any atom is -0.478 e. The number of hydrogen-bond acceptors (Lipinski definition) is 12. The Balaban J connectivity index is 0.000000188. The van der Waals surface area contributed by atoms with Crippen LogP contribution in [-0.2, 0) is 19.9 Å². The molecule has 3 aromatic carbocycles. The van der Waals surface area contributed by atoms with Crippen molar-refractivity contribution in [2.24, 2.45) is 0 Å². The second kappa shape index (κ2) is 15.9. The number of esters is 2. The van der Waals surface area contributed by atoms with Gasteiger partial charge < -0.3 is 38.0 Å². The van der Waals surface area contributed by atoms with Crippen molar-refractivity contribution in [3.05, 3.63) is 107 Å². The van der Waals surface area contributed by atoms with Crippen molar-refractivity contribution in [3.63, 3.8) is 0 Å². The molecule has 0 radical (unpaired) electrons. The Morgan fingerprint density at radius 2 is 1.02 bits per heavy atom. The number of carbonyl (C=O) groups excluding carboxylic acids is 2. The van der Waals surface area contributed by atoms with E-state index in [4.69, 9.17) is 46.1 Å². The van der Waals surface area contributed by atoms with E-state index < -0.39 is 46.0 Å². The van der Waals surface area contributed by atoms with Crippen molar-refractivity contribution in [2.75, 3.05) is 14.2 Å². The van der Waals surface area contributed by atoms with Gasteiger partial charge >= 0.3 is 40.2 Å². The zero-order chi connectivity index (χ0) is 36.5. The Bertz CT molecular complexity index is 2230. The Labute approximate surface area is 274 Å². The quantitative estimate of drug-likeness (QED) is 0.112. The van der Waals surface area contributed by atoms with Gasteiger partial charge in [-0.3, -0.25) is 9.11 Å². The number of para-hydroxylation sites is 3. The van der Waals surface area contributed by atoms with Gasteiger partial charge in [0.05, 0.1) is 14.2 Å². The maximum absolute atomic E-state index is 11.6. The summed E-state index contributed by atoms with van der Waals surface area (Å²) >= 11 is 0. The lowest BCUT2D eigenvalue weighted by Crippen LogP contribution is -2.09. The van der Waals surface area contributed by atoms with E-state index >= 15 is 0 Å². The van der Waals surface area contributed by atoms with Gasteiger partial charge in [0.1, 0.15) is 27.9 Å². The molecule has 0 spiro atoms. The van der Waals surface area contributed by atoms with E-state index in [9.17, 15) is 24.0 Å². The van der Waals surface area contributed by atoms with Crippen molar-refractivity contribution in [1.82, 2.24) is 0 Å². The van der Waals surface area contributed by atoms with E-state index in [1.165, 1.54) is 32.4 Å². The number of furan rings is 3. The Hall–Kier alpha value is -6.50. The maximum atomic E-state index is 11.6. The first kappa shape index (κ1) is 37.0. The molecule has 6 aromatic rings. The van der Waals surface area contributed by atoms with Crippen LogP contribution in [0.25, 0.3) is 32.9 Å². The van der Waals surface area contributed by atoms with Crippen LogP contribution in [0.2, 0.25) is 0 Å². The van der Waals surface area contributed by atoms with E-state index in [2.05, 4.69) is 9.47 Å². The summed E-state index contributed by atoms with van der Waals surface area (Å²) in [6.07, 6.45) is 0. The number of aromatic carboxylic acids is 3. The van der Waals surface area contributed by atoms with Crippen LogP contribution < -0.4 is 0 Å². The predicted molar refractivity (Wildman–Crippen MR) is 166 cm³/mol. The topological polar surface area (TPSA) is 279 Å². The number of benzene rings is 3. The largest absolute Gasteiger partial charge is 0.478 e.